The molecule has 0 saturated carbocycles. The van der Waals surface area contributed by atoms with Crippen LogP contribution in [0.25, 0.3) is 66.5 Å². The second-order valence-corrected chi connectivity index (χ2v) is 12.1. The number of fused-ring (bicyclic) bond motifs is 6. The van der Waals surface area contributed by atoms with Gasteiger partial charge in [-0.2, -0.15) is 0 Å². The topological polar surface area (TPSA) is 35.9 Å². The van der Waals surface area contributed by atoms with E-state index in [0.717, 1.165) is 39.0 Å². The summed E-state index contributed by atoms with van der Waals surface area (Å²) in [5.74, 6) is 1.47. The van der Waals surface area contributed by atoms with E-state index < -0.39 is 0 Å². The molecule has 0 amide bonds. The maximum Gasteiger partial charge on any atom is 0.144 e. The van der Waals surface area contributed by atoms with E-state index >= 15 is 0 Å². The SMILES string of the molecule is CC(C)c1cc2c(oc3ccc(-n4c5ccccc5c5ccccc54)cc32)c(C(C)C)c1-n1ccnc1-c1ccccc1. The van der Waals surface area contributed by atoms with E-state index in [9.17, 15) is 0 Å². The predicted octanol–water partition coefficient (Wildman–Crippen LogP) is 10.8. The number of benzene rings is 5. The minimum atomic E-state index is 0.236. The molecule has 43 heavy (non-hydrogen) atoms. The fraction of sp³-hybridized carbons (Fsp3) is 0.154. The lowest BCUT2D eigenvalue weighted by molar-refractivity contribution is 0.654. The molecule has 0 unspecified atom stereocenters. The molecule has 0 aliphatic heterocycles. The molecule has 3 heterocycles. The maximum atomic E-state index is 6.77. The van der Waals surface area contributed by atoms with E-state index in [0.29, 0.717) is 5.92 Å². The second-order valence-electron chi connectivity index (χ2n) is 12.1. The van der Waals surface area contributed by atoms with Crippen molar-refractivity contribution in [2.75, 3.05) is 0 Å². The van der Waals surface area contributed by atoms with Crippen molar-refractivity contribution < 1.29 is 4.42 Å². The average molecular weight is 560 g/mol. The Morgan fingerprint density at radius 3 is 2.00 bits per heavy atom. The molecule has 0 aliphatic rings. The predicted molar refractivity (Wildman–Crippen MR) is 179 cm³/mol. The summed E-state index contributed by atoms with van der Waals surface area (Å²) in [7, 11) is 0. The third kappa shape index (κ3) is 3.86. The first-order valence-electron chi connectivity index (χ1n) is 15.1. The highest BCUT2D eigenvalue weighted by molar-refractivity contribution is 6.11. The molecule has 5 aromatic carbocycles. The average Bonchev–Trinajstić information content (AvgIpc) is 3.74. The van der Waals surface area contributed by atoms with E-state index in [1.54, 1.807) is 0 Å². The summed E-state index contributed by atoms with van der Waals surface area (Å²) in [6.45, 7) is 9.08. The Kier molecular flexibility index (Phi) is 5.80. The Morgan fingerprint density at radius 1 is 0.651 bits per heavy atom. The van der Waals surface area contributed by atoms with Crippen LogP contribution in [0.4, 0.5) is 0 Å². The summed E-state index contributed by atoms with van der Waals surface area (Å²) in [6.07, 6.45) is 3.99. The van der Waals surface area contributed by atoms with Crippen molar-refractivity contribution in [1.29, 1.82) is 0 Å². The Bertz CT molecular complexity index is 2240. The van der Waals surface area contributed by atoms with Crippen LogP contribution in [-0.2, 0) is 0 Å². The van der Waals surface area contributed by atoms with Crippen molar-refractivity contribution in [3.8, 4) is 22.8 Å². The van der Waals surface area contributed by atoms with Gasteiger partial charge in [0.1, 0.15) is 17.0 Å². The van der Waals surface area contributed by atoms with Gasteiger partial charge in [0.05, 0.1) is 16.7 Å². The van der Waals surface area contributed by atoms with Gasteiger partial charge in [-0.05, 0) is 53.8 Å². The van der Waals surface area contributed by atoms with Crippen molar-refractivity contribution in [1.82, 2.24) is 14.1 Å². The lowest BCUT2D eigenvalue weighted by atomic mass is 9.89. The molecule has 4 heteroatoms. The molecule has 0 fully saturated rings. The van der Waals surface area contributed by atoms with Crippen molar-refractivity contribution in [2.45, 2.75) is 39.5 Å². The number of rotatable bonds is 5. The fourth-order valence-corrected chi connectivity index (χ4v) is 6.80. The highest BCUT2D eigenvalue weighted by Crippen LogP contribution is 2.43. The van der Waals surface area contributed by atoms with Crippen molar-refractivity contribution in [3.63, 3.8) is 0 Å². The zero-order chi connectivity index (χ0) is 29.2. The summed E-state index contributed by atoms with van der Waals surface area (Å²) < 4.78 is 11.4. The Morgan fingerprint density at radius 2 is 1.33 bits per heavy atom. The quantitative estimate of drug-likeness (QED) is 0.210. The zero-order valence-corrected chi connectivity index (χ0v) is 24.9. The summed E-state index contributed by atoms with van der Waals surface area (Å²) in [4.78, 5) is 4.81. The molecule has 0 N–H and O–H groups in total. The van der Waals surface area contributed by atoms with Crippen LogP contribution in [0, 0.1) is 0 Å². The minimum Gasteiger partial charge on any atom is -0.456 e. The largest absolute Gasteiger partial charge is 0.456 e. The van der Waals surface area contributed by atoms with Gasteiger partial charge in [0.2, 0.25) is 0 Å². The molecule has 0 spiro atoms. The van der Waals surface area contributed by atoms with E-state index in [-0.39, 0.29) is 5.92 Å². The smallest absolute Gasteiger partial charge is 0.144 e. The Balaban J connectivity index is 1.43. The summed E-state index contributed by atoms with van der Waals surface area (Å²) in [5.41, 5.74) is 10.2. The monoisotopic (exact) mass is 559 g/mol. The normalized spacial score (nSPS) is 12.1. The van der Waals surface area contributed by atoms with Crippen LogP contribution in [0.2, 0.25) is 0 Å². The van der Waals surface area contributed by atoms with Crippen LogP contribution in [-0.4, -0.2) is 14.1 Å². The first kappa shape index (κ1) is 25.6. The van der Waals surface area contributed by atoms with Crippen molar-refractivity contribution >= 4 is 43.7 Å². The number of aromatic nitrogens is 3. The fourth-order valence-electron chi connectivity index (χ4n) is 6.80. The van der Waals surface area contributed by atoms with Crippen LogP contribution >= 0.6 is 0 Å². The molecule has 0 aliphatic carbocycles. The molecule has 0 atom stereocenters. The lowest BCUT2D eigenvalue weighted by Gasteiger charge is -2.22. The van der Waals surface area contributed by atoms with Crippen LogP contribution < -0.4 is 0 Å². The third-order valence-corrected chi connectivity index (χ3v) is 8.73. The highest BCUT2D eigenvalue weighted by Gasteiger charge is 2.25. The van der Waals surface area contributed by atoms with Crippen LogP contribution in [0.15, 0.2) is 120 Å². The van der Waals surface area contributed by atoms with Gasteiger partial charge in [-0.1, -0.05) is 94.4 Å². The molecule has 0 saturated heterocycles. The number of para-hydroxylation sites is 2. The van der Waals surface area contributed by atoms with Gasteiger partial charge in [0.15, 0.2) is 0 Å². The van der Waals surface area contributed by atoms with Gasteiger partial charge in [-0.3, -0.25) is 4.57 Å². The van der Waals surface area contributed by atoms with Crippen molar-refractivity contribution in [3.05, 3.63) is 127 Å². The van der Waals surface area contributed by atoms with Gasteiger partial charge in [0, 0.05) is 50.8 Å². The van der Waals surface area contributed by atoms with Gasteiger partial charge >= 0.3 is 0 Å². The Labute approximate surface area is 250 Å². The van der Waals surface area contributed by atoms with E-state index in [1.165, 1.54) is 38.6 Å². The van der Waals surface area contributed by atoms with E-state index in [2.05, 4.69) is 140 Å². The van der Waals surface area contributed by atoms with Crippen LogP contribution in [0.5, 0.6) is 0 Å². The summed E-state index contributed by atoms with van der Waals surface area (Å²) >= 11 is 0. The molecule has 8 aromatic rings. The van der Waals surface area contributed by atoms with Gasteiger partial charge in [-0.25, -0.2) is 4.98 Å². The van der Waals surface area contributed by atoms with E-state index in [4.69, 9.17) is 9.40 Å². The van der Waals surface area contributed by atoms with Gasteiger partial charge in [-0.15, -0.1) is 0 Å². The highest BCUT2D eigenvalue weighted by atomic mass is 16.3. The number of hydrogen-bond donors (Lipinski definition) is 0. The molecule has 210 valence electrons. The number of imidazole rings is 1. The van der Waals surface area contributed by atoms with Crippen LogP contribution in [0.3, 0.4) is 0 Å². The van der Waals surface area contributed by atoms with Gasteiger partial charge in [0.25, 0.3) is 0 Å². The first-order chi connectivity index (χ1) is 21.0. The molecule has 0 radical (unpaired) electrons. The lowest BCUT2D eigenvalue weighted by Crippen LogP contribution is -2.08. The first-order valence-corrected chi connectivity index (χ1v) is 15.1. The molecule has 3 aromatic heterocycles. The number of hydrogen-bond acceptors (Lipinski definition) is 2. The molecular weight excluding hydrogens is 526 g/mol. The standard InChI is InChI=1S/C39H33N3O/c1-24(2)30-23-32-31-22-27(42-33-16-10-8-14-28(33)29-15-9-11-17-34(29)42)18-19-35(31)43-38(32)36(25(3)4)37(30)41-21-20-40-39(41)26-12-6-5-7-13-26/h5-25H,1-4H3. The summed E-state index contributed by atoms with van der Waals surface area (Å²) in [5, 5.41) is 4.83. The maximum absolute atomic E-state index is 6.77. The Hall–Kier alpha value is -5.09. The molecular formula is C39H33N3O. The van der Waals surface area contributed by atoms with E-state index in [1.807, 2.05) is 12.3 Å². The van der Waals surface area contributed by atoms with Crippen molar-refractivity contribution in [2.24, 2.45) is 0 Å². The molecule has 0 bridgehead atoms. The second kappa shape index (κ2) is 9.74. The summed E-state index contributed by atoms with van der Waals surface area (Å²) in [6, 6.07) is 36.7. The minimum absolute atomic E-state index is 0.236. The zero-order valence-electron chi connectivity index (χ0n) is 24.9. The van der Waals surface area contributed by atoms with Gasteiger partial charge < -0.3 is 8.98 Å². The van der Waals surface area contributed by atoms with Crippen LogP contribution in [0.1, 0.15) is 50.7 Å². The number of furan rings is 1. The number of nitrogens with zero attached hydrogens (tertiary/aromatic N) is 3. The molecule has 4 nitrogen and oxygen atoms in total. The molecule has 8 rings (SSSR count). The third-order valence-electron chi connectivity index (χ3n) is 8.73.